The molecule has 0 aliphatic heterocycles. The van der Waals surface area contributed by atoms with E-state index in [0.717, 1.165) is 59.5 Å². The van der Waals surface area contributed by atoms with Gasteiger partial charge in [-0.3, -0.25) is 14.4 Å². The average Bonchev–Trinajstić information content (AvgIpc) is 3.41. The lowest BCUT2D eigenvalue weighted by molar-refractivity contribution is -0.137. The Bertz CT molecular complexity index is 1540. The molecule has 0 unspecified atom stereocenters. The highest BCUT2D eigenvalue weighted by Gasteiger charge is 2.50. The predicted molar refractivity (Wildman–Crippen MR) is 173 cm³/mol. The van der Waals surface area contributed by atoms with Crippen molar-refractivity contribution in [2.75, 3.05) is 6.54 Å². The maximum Gasteiger partial charge on any atom is 0.408 e. The van der Waals surface area contributed by atoms with E-state index in [9.17, 15) is 19.2 Å². The zero-order valence-electron chi connectivity index (χ0n) is 26.3. The van der Waals surface area contributed by atoms with Crippen molar-refractivity contribution in [3.05, 3.63) is 71.9 Å². The van der Waals surface area contributed by atoms with Crippen LogP contribution in [0, 0.1) is 23.7 Å². The van der Waals surface area contributed by atoms with Gasteiger partial charge >= 0.3 is 12.1 Å². The molecule has 0 saturated heterocycles. The van der Waals surface area contributed by atoms with Crippen LogP contribution in [0.15, 0.2) is 60.8 Å². The number of nitrogens with one attached hydrogen (secondary N) is 4. The summed E-state index contributed by atoms with van der Waals surface area (Å²) in [5.41, 5.74) is 1.33. The Balaban J connectivity index is 1.21. The number of carboxylic acid groups (broad SMARTS) is 1. The molecule has 10 heteroatoms. The van der Waals surface area contributed by atoms with Crippen molar-refractivity contribution in [1.29, 1.82) is 0 Å². The van der Waals surface area contributed by atoms with Gasteiger partial charge in [-0.2, -0.15) is 0 Å². The van der Waals surface area contributed by atoms with E-state index in [0.29, 0.717) is 18.3 Å². The van der Waals surface area contributed by atoms with E-state index in [1.54, 1.807) is 6.92 Å². The Morgan fingerprint density at radius 3 is 2.33 bits per heavy atom. The predicted octanol–water partition coefficient (Wildman–Crippen LogP) is 4.73. The van der Waals surface area contributed by atoms with Crippen molar-refractivity contribution >= 4 is 34.8 Å². The minimum atomic E-state index is -1.40. The molecule has 7 rings (SSSR count). The summed E-state index contributed by atoms with van der Waals surface area (Å²) in [7, 11) is 0. The van der Waals surface area contributed by atoms with Crippen molar-refractivity contribution in [1.82, 2.24) is 20.9 Å². The third-order valence-corrected chi connectivity index (χ3v) is 10.2. The standard InChI is InChI=1S/C36H44N4O6/c1-36(20-27-21-38-30-10-6-5-9-29(27)30,40-35(45)46-33-25-14-23-13-24(16-25)17-26(33)15-23)34(44)39-28(18-22-7-3-2-4-8-22)19-31(41)37-12-11-32(42)43/h2-10,21,23-26,28,33,38H,11-20H2,1H3,(H,37,41)(H,39,44)(H,40,45)(H,42,43)/t23?,24?,25?,26?,28-,33?,36+/m0/s1. The Hall–Kier alpha value is -4.34. The van der Waals surface area contributed by atoms with Gasteiger partial charge in [0, 0.05) is 42.5 Å². The molecule has 0 spiro atoms. The summed E-state index contributed by atoms with van der Waals surface area (Å²) in [4.78, 5) is 55.0. The molecule has 4 fully saturated rings. The number of carboxylic acids is 1. The maximum atomic E-state index is 14.3. The van der Waals surface area contributed by atoms with Gasteiger partial charge in [-0.05, 0) is 86.3 Å². The quantitative estimate of drug-likeness (QED) is 0.185. The van der Waals surface area contributed by atoms with Crippen LogP contribution >= 0.6 is 0 Å². The van der Waals surface area contributed by atoms with Crippen molar-refractivity contribution in [2.45, 2.75) is 82.4 Å². The fourth-order valence-corrected chi connectivity index (χ4v) is 8.31. The number of aromatic nitrogens is 1. The lowest BCUT2D eigenvalue weighted by atomic mass is 9.55. The van der Waals surface area contributed by atoms with Crippen LogP contribution in [0.1, 0.15) is 63.0 Å². The number of aromatic amines is 1. The molecular formula is C36H44N4O6. The van der Waals surface area contributed by atoms with Crippen molar-refractivity contribution in [3.63, 3.8) is 0 Å². The highest BCUT2D eigenvalue weighted by atomic mass is 16.6. The van der Waals surface area contributed by atoms with Gasteiger partial charge in [0.15, 0.2) is 0 Å². The van der Waals surface area contributed by atoms with Crippen molar-refractivity contribution in [2.24, 2.45) is 23.7 Å². The van der Waals surface area contributed by atoms with Gasteiger partial charge < -0.3 is 30.8 Å². The lowest BCUT2D eigenvalue weighted by Gasteiger charge is -2.53. The Kier molecular flexibility index (Phi) is 9.33. The van der Waals surface area contributed by atoms with E-state index in [1.807, 2.05) is 60.8 Å². The molecule has 0 radical (unpaired) electrons. The fraction of sp³-hybridized carbons (Fsp3) is 0.500. The Labute approximate surface area is 269 Å². The zero-order chi connectivity index (χ0) is 32.3. The third kappa shape index (κ3) is 7.37. The zero-order valence-corrected chi connectivity index (χ0v) is 26.3. The molecule has 3 amide bonds. The number of hydrogen-bond donors (Lipinski definition) is 5. The number of rotatable bonds is 13. The second-order valence-corrected chi connectivity index (χ2v) is 13.9. The van der Waals surface area contributed by atoms with E-state index in [2.05, 4.69) is 20.9 Å². The maximum absolute atomic E-state index is 14.3. The van der Waals surface area contributed by atoms with E-state index < -0.39 is 29.6 Å². The number of H-pyrrole nitrogens is 1. The van der Waals surface area contributed by atoms with Gasteiger partial charge in [0.1, 0.15) is 11.6 Å². The summed E-state index contributed by atoms with van der Waals surface area (Å²) in [5.74, 6) is 0.442. The SMILES string of the molecule is C[C@](Cc1c[nH]c2ccccc12)(NC(=O)OC1C2CC3CC(C2)CC1C3)C(=O)N[C@H](CC(=O)NCCC(=O)O)Cc1ccccc1. The van der Waals surface area contributed by atoms with Crippen LogP contribution in [0.4, 0.5) is 4.79 Å². The molecular weight excluding hydrogens is 584 g/mol. The van der Waals surface area contributed by atoms with Gasteiger partial charge in [-0.1, -0.05) is 48.5 Å². The topological polar surface area (TPSA) is 150 Å². The molecule has 4 bridgehead atoms. The van der Waals surface area contributed by atoms with Crippen molar-refractivity contribution in [3.8, 4) is 0 Å². The first-order chi connectivity index (χ1) is 22.1. The molecule has 4 aliphatic rings. The van der Waals surface area contributed by atoms with Crippen LogP contribution in [0.25, 0.3) is 10.9 Å². The van der Waals surface area contributed by atoms with Crippen LogP contribution in [-0.4, -0.2) is 58.2 Å². The van der Waals surface area contributed by atoms with Gasteiger partial charge in [0.05, 0.1) is 6.42 Å². The van der Waals surface area contributed by atoms with E-state index in [-0.39, 0.29) is 37.8 Å². The molecule has 1 aromatic heterocycles. The molecule has 2 atom stereocenters. The Morgan fingerprint density at radius 1 is 0.957 bits per heavy atom. The highest BCUT2D eigenvalue weighted by molar-refractivity contribution is 5.92. The minimum absolute atomic E-state index is 0.00348. The number of alkyl carbamates (subject to hydrolysis) is 1. The smallest absolute Gasteiger partial charge is 0.408 e. The van der Waals surface area contributed by atoms with Crippen LogP contribution in [-0.2, 0) is 32.0 Å². The second-order valence-electron chi connectivity index (χ2n) is 13.9. The van der Waals surface area contributed by atoms with Gasteiger partial charge in [0.25, 0.3) is 0 Å². The summed E-state index contributed by atoms with van der Waals surface area (Å²) in [5, 5.41) is 18.6. The lowest BCUT2D eigenvalue weighted by Crippen LogP contribution is -2.61. The molecule has 5 N–H and O–H groups in total. The van der Waals surface area contributed by atoms with E-state index >= 15 is 0 Å². The molecule has 4 aliphatic carbocycles. The number of carbonyl (C=O) groups is 4. The number of benzene rings is 2. The molecule has 1 heterocycles. The summed E-state index contributed by atoms with van der Waals surface area (Å²) < 4.78 is 6.16. The van der Waals surface area contributed by atoms with Crippen molar-refractivity contribution < 1.29 is 29.0 Å². The van der Waals surface area contributed by atoms with Crippen LogP contribution < -0.4 is 16.0 Å². The normalized spacial score (nSPS) is 24.9. The summed E-state index contributed by atoms with van der Waals surface area (Å²) in [6, 6.07) is 16.7. The number of para-hydroxylation sites is 1. The average molecular weight is 629 g/mol. The first kappa shape index (κ1) is 31.6. The number of amides is 3. The Morgan fingerprint density at radius 2 is 1.63 bits per heavy atom. The second kappa shape index (κ2) is 13.6. The number of fused-ring (bicyclic) bond motifs is 1. The summed E-state index contributed by atoms with van der Waals surface area (Å²) in [6.07, 6.45) is 7.18. The number of hydrogen-bond acceptors (Lipinski definition) is 5. The number of carbonyl (C=O) groups excluding carboxylic acids is 3. The monoisotopic (exact) mass is 628 g/mol. The molecule has 4 saturated carbocycles. The molecule has 244 valence electrons. The number of ether oxygens (including phenoxy) is 1. The highest BCUT2D eigenvalue weighted by Crippen LogP contribution is 2.54. The fourth-order valence-electron chi connectivity index (χ4n) is 8.31. The molecule has 3 aromatic rings. The largest absolute Gasteiger partial charge is 0.481 e. The first-order valence-electron chi connectivity index (χ1n) is 16.5. The van der Waals surface area contributed by atoms with E-state index in [1.165, 1.54) is 6.42 Å². The van der Waals surface area contributed by atoms with Gasteiger partial charge in [-0.25, -0.2) is 4.79 Å². The van der Waals surface area contributed by atoms with Crippen LogP contribution in [0.3, 0.4) is 0 Å². The number of aliphatic carboxylic acids is 1. The first-order valence-corrected chi connectivity index (χ1v) is 16.5. The molecule has 46 heavy (non-hydrogen) atoms. The minimum Gasteiger partial charge on any atom is -0.481 e. The summed E-state index contributed by atoms with van der Waals surface area (Å²) >= 11 is 0. The summed E-state index contributed by atoms with van der Waals surface area (Å²) in [6.45, 7) is 1.70. The van der Waals surface area contributed by atoms with E-state index in [4.69, 9.17) is 9.84 Å². The molecule has 10 nitrogen and oxygen atoms in total. The molecule has 2 aromatic carbocycles. The van der Waals surface area contributed by atoms with Crippen LogP contribution in [0.5, 0.6) is 0 Å². The van der Waals surface area contributed by atoms with Gasteiger partial charge in [-0.15, -0.1) is 0 Å². The third-order valence-electron chi connectivity index (χ3n) is 10.2. The van der Waals surface area contributed by atoms with Gasteiger partial charge in [0.2, 0.25) is 11.8 Å². The van der Waals surface area contributed by atoms with Crippen LogP contribution in [0.2, 0.25) is 0 Å².